The van der Waals surface area contributed by atoms with Gasteiger partial charge in [0.1, 0.15) is 21.9 Å². The molecule has 0 bridgehead atoms. The average Bonchev–Trinajstić information content (AvgIpc) is 2.66. The summed E-state index contributed by atoms with van der Waals surface area (Å²) in [6.07, 6.45) is 1.54. The van der Waals surface area contributed by atoms with Crippen LogP contribution in [0.3, 0.4) is 0 Å². The van der Waals surface area contributed by atoms with Crippen LogP contribution in [0.4, 0.5) is 0 Å². The Morgan fingerprint density at radius 1 is 0.903 bits per heavy atom. The molecular weight excluding hydrogens is 410 g/mol. The van der Waals surface area contributed by atoms with Gasteiger partial charge in [0, 0.05) is 6.42 Å². The summed E-state index contributed by atoms with van der Waals surface area (Å²) >= 11 is 0. The molecule has 0 amide bonds. The zero-order chi connectivity index (χ0) is 23.8. The van der Waals surface area contributed by atoms with E-state index in [-0.39, 0.29) is 0 Å². The fraction of sp³-hybridized carbons (Fsp3) is 0.593. The van der Waals surface area contributed by atoms with E-state index in [1.807, 2.05) is 0 Å². The average molecular weight is 452 g/mol. The molecule has 0 atom stereocenters. The monoisotopic (exact) mass is 451 g/mol. The maximum atomic E-state index is 8.81. The molecule has 0 aliphatic carbocycles. The van der Waals surface area contributed by atoms with E-state index in [1.165, 1.54) is 0 Å². The first-order chi connectivity index (χ1) is 14.4. The number of nitriles is 1. The molecule has 168 valence electrons. The first kappa shape index (κ1) is 27.1. The predicted octanol–water partition coefficient (Wildman–Crippen LogP) is 7.48. The van der Waals surface area contributed by atoms with E-state index < -0.39 is 16.1 Å². The molecular formula is C27H41NOSi2. The van der Waals surface area contributed by atoms with Crippen LogP contribution in [0.2, 0.25) is 35.8 Å². The summed E-state index contributed by atoms with van der Waals surface area (Å²) in [4.78, 5) is 0. The fourth-order valence-corrected chi connectivity index (χ4v) is 11.6. The van der Waals surface area contributed by atoms with E-state index >= 15 is 0 Å². The van der Waals surface area contributed by atoms with Crippen molar-refractivity contribution in [3.8, 4) is 34.7 Å². The molecule has 1 aromatic carbocycles. The topological polar surface area (TPSA) is 33.0 Å². The van der Waals surface area contributed by atoms with Gasteiger partial charge in [0.05, 0.1) is 24.3 Å². The van der Waals surface area contributed by atoms with Gasteiger partial charge in [-0.3, -0.25) is 0 Å². The number of hydrogen-bond donors (Lipinski definition) is 0. The number of rotatable bonds is 7. The minimum Gasteiger partial charge on any atom is -0.494 e. The van der Waals surface area contributed by atoms with E-state index in [0.29, 0.717) is 23.0 Å². The number of methoxy groups -OCH3 is 1. The van der Waals surface area contributed by atoms with E-state index in [4.69, 9.17) is 10.00 Å². The van der Waals surface area contributed by atoms with Crippen LogP contribution in [-0.2, 0) is 0 Å². The molecule has 0 saturated carbocycles. The molecule has 0 aromatic heterocycles. The van der Waals surface area contributed by atoms with Gasteiger partial charge >= 0.3 is 0 Å². The molecule has 1 aromatic rings. The third-order valence-corrected chi connectivity index (χ3v) is 15.0. The van der Waals surface area contributed by atoms with Crippen molar-refractivity contribution in [2.24, 2.45) is 0 Å². The molecule has 0 aliphatic rings. The summed E-state index contributed by atoms with van der Waals surface area (Å²) in [7, 11) is -1.79. The third kappa shape index (κ3) is 7.03. The van der Waals surface area contributed by atoms with Crippen LogP contribution >= 0.6 is 0 Å². The Bertz CT molecular complexity index is 893. The number of benzene rings is 1. The van der Waals surface area contributed by atoms with Crippen molar-refractivity contribution in [2.75, 3.05) is 7.11 Å². The van der Waals surface area contributed by atoms with Crippen molar-refractivity contribution >= 4 is 16.1 Å². The first-order valence-corrected chi connectivity index (χ1v) is 17.0. The van der Waals surface area contributed by atoms with Gasteiger partial charge in [-0.15, -0.1) is 11.1 Å². The highest BCUT2D eigenvalue weighted by molar-refractivity contribution is 6.90. The molecule has 1 rings (SSSR count). The first-order valence-electron chi connectivity index (χ1n) is 11.5. The number of ether oxygens (including phenoxy) is 1. The maximum Gasteiger partial charge on any atom is 0.150 e. The van der Waals surface area contributed by atoms with Crippen molar-refractivity contribution in [3.05, 3.63) is 28.8 Å². The zero-order valence-electron chi connectivity index (χ0n) is 21.4. The quantitative estimate of drug-likeness (QED) is 0.244. The minimum atomic E-state index is -1.82. The largest absolute Gasteiger partial charge is 0.494 e. The van der Waals surface area contributed by atoms with Crippen LogP contribution in [0.25, 0.3) is 0 Å². The lowest BCUT2D eigenvalue weighted by molar-refractivity contribution is 0.412. The second-order valence-corrected chi connectivity index (χ2v) is 20.3. The molecule has 2 nitrogen and oxygen atoms in total. The molecule has 0 spiro atoms. The molecule has 0 N–H and O–H groups in total. The molecule has 4 heteroatoms. The second-order valence-electron chi connectivity index (χ2n) is 10.2. The van der Waals surface area contributed by atoms with E-state index in [9.17, 15) is 0 Å². The summed E-state index contributed by atoms with van der Waals surface area (Å²) in [5.74, 6) is 7.79. The van der Waals surface area contributed by atoms with Crippen molar-refractivity contribution in [1.29, 1.82) is 5.26 Å². The molecule has 0 saturated heterocycles. The van der Waals surface area contributed by atoms with Crippen LogP contribution in [-0.4, -0.2) is 23.3 Å². The number of nitrogens with zero attached hydrogens (tertiary/aromatic N) is 1. The van der Waals surface area contributed by atoms with E-state index in [2.05, 4.69) is 103 Å². The van der Waals surface area contributed by atoms with Crippen LogP contribution in [0.5, 0.6) is 5.75 Å². The van der Waals surface area contributed by atoms with Crippen molar-refractivity contribution in [3.63, 3.8) is 0 Å². The number of hydrogen-bond acceptors (Lipinski definition) is 2. The van der Waals surface area contributed by atoms with Crippen LogP contribution < -0.4 is 4.74 Å². The van der Waals surface area contributed by atoms with Gasteiger partial charge in [-0.25, -0.2) is 0 Å². The normalized spacial score (nSPS) is 11.6. The van der Waals surface area contributed by atoms with Gasteiger partial charge in [0.15, 0.2) is 0 Å². The Morgan fingerprint density at radius 2 is 1.39 bits per heavy atom. The van der Waals surface area contributed by atoms with Gasteiger partial charge in [0.25, 0.3) is 0 Å². The van der Waals surface area contributed by atoms with Gasteiger partial charge in [-0.2, -0.15) is 5.26 Å². The fourth-order valence-electron chi connectivity index (χ4n) is 4.70. The molecule has 0 unspecified atom stereocenters. The predicted molar refractivity (Wildman–Crippen MR) is 140 cm³/mol. The van der Waals surface area contributed by atoms with Gasteiger partial charge in [-0.1, -0.05) is 66.5 Å². The molecule has 0 fully saturated rings. The van der Waals surface area contributed by atoms with Gasteiger partial charge in [-0.05, 0) is 53.7 Å². The molecule has 0 aliphatic heterocycles. The highest BCUT2D eigenvalue weighted by Crippen LogP contribution is 2.41. The molecule has 31 heavy (non-hydrogen) atoms. The van der Waals surface area contributed by atoms with Crippen LogP contribution in [0, 0.1) is 41.2 Å². The third-order valence-electron chi connectivity index (χ3n) is 6.34. The highest BCUT2D eigenvalue weighted by atomic mass is 28.3. The minimum absolute atomic E-state index is 0.593. The summed E-state index contributed by atoms with van der Waals surface area (Å²) in [5.41, 5.74) is 12.2. The van der Waals surface area contributed by atoms with E-state index in [0.717, 1.165) is 34.9 Å². The number of aryl methyl sites for hydroxylation is 1. The molecule has 0 heterocycles. The van der Waals surface area contributed by atoms with Crippen LogP contribution in [0.1, 0.15) is 71.1 Å². The van der Waals surface area contributed by atoms with Gasteiger partial charge in [0.2, 0.25) is 0 Å². The highest BCUT2D eigenvalue weighted by Gasteiger charge is 2.41. The lowest BCUT2D eigenvalue weighted by atomic mass is 10.1. The summed E-state index contributed by atoms with van der Waals surface area (Å²) < 4.78 is 5.82. The summed E-state index contributed by atoms with van der Waals surface area (Å²) in [6, 6.07) is 7.52. The Labute approximate surface area is 193 Å². The van der Waals surface area contributed by atoms with Crippen LogP contribution in [0.15, 0.2) is 12.1 Å². The second kappa shape index (κ2) is 11.6. The summed E-state index contributed by atoms with van der Waals surface area (Å²) in [6.45, 7) is 20.7. The Kier molecular flexibility index (Phi) is 10.2. The maximum absolute atomic E-state index is 8.81. The molecule has 0 radical (unpaired) electrons. The van der Waals surface area contributed by atoms with Crippen molar-refractivity contribution < 1.29 is 4.74 Å². The van der Waals surface area contributed by atoms with Crippen molar-refractivity contribution in [1.82, 2.24) is 0 Å². The van der Waals surface area contributed by atoms with Crippen molar-refractivity contribution in [2.45, 2.75) is 97.1 Å². The Balaban J connectivity index is 3.51. The Morgan fingerprint density at radius 3 is 1.81 bits per heavy atom. The summed E-state index contributed by atoms with van der Waals surface area (Å²) in [5, 5.41) is 8.81. The smallest absolute Gasteiger partial charge is 0.150 e. The standard InChI is InChI=1S/C27H41NOSi2/c1-21(2)31(22(3)4,23(5)6)18-14-26-20-24(7)19-25(27(26)29-8)13-17-30(9,10)16-12-11-15-28/h19-23H,11-12,16H2,1-10H3. The van der Waals surface area contributed by atoms with E-state index in [1.54, 1.807) is 7.11 Å². The SMILES string of the molecule is COc1c(C#C[Si](C)(C)CCCC#N)cc(C)cc1C#C[Si](C(C)C)(C(C)C)C(C)C. The zero-order valence-corrected chi connectivity index (χ0v) is 23.4. The van der Waals surface area contributed by atoms with Gasteiger partial charge < -0.3 is 4.74 Å². The lowest BCUT2D eigenvalue weighted by Gasteiger charge is -2.38. The lowest BCUT2D eigenvalue weighted by Crippen LogP contribution is -2.43. The Hall–Kier alpha value is -1.94. The number of unbranched alkanes of at least 4 members (excludes halogenated alkanes) is 1.